The number of hydrogen-bond acceptors (Lipinski definition) is 3. The second-order valence-corrected chi connectivity index (χ2v) is 6.72. The second kappa shape index (κ2) is 6.17. The van der Waals surface area contributed by atoms with E-state index in [-0.39, 0.29) is 11.7 Å². The Morgan fingerprint density at radius 2 is 1.80 bits per heavy atom. The summed E-state index contributed by atoms with van der Waals surface area (Å²) in [7, 11) is 0. The highest BCUT2D eigenvalue weighted by Crippen LogP contribution is 2.31. The number of carbonyl (C=O) groups excluding carboxylic acids is 1. The Morgan fingerprint density at radius 3 is 2.56 bits per heavy atom. The van der Waals surface area contributed by atoms with Crippen molar-refractivity contribution in [3.63, 3.8) is 0 Å². The van der Waals surface area contributed by atoms with Crippen molar-refractivity contribution in [3.05, 3.63) is 69.7 Å². The van der Waals surface area contributed by atoms with Crippen LogP contribution in [0.25, 0.3) is 5.69 Å². The number of nitrogens with zero attached hydrogens (tertiary/aromatic N) is 4. The van der Waals surface area contributed by atoms with Crippen molar-refractivity contribution in [2.75, 3.05) is 11.4 Å². The van der Waals surface area contributed by atoms with Crippen LogP contribution in [0.3, 0.4) is 0 Å². The molecule has 25 heavy (non-hydrogen) atoms. The molecule has 0 saturated heterocycles. The van der Waals surface area contributed by atoms with E-state index in [1.807, 2.05) is 37.3 Å². The van der Waals surface area contributed by atoms with Gasteiger partial charge in [0.25, 0.3) is 5.91 Å². The average molecular weight is 373 g/mol. The van der Waals surface area contributed by atoms with Gasteiger partial charge in [-0.05, 0) is 55.3 Å². The molecule has 0 unspecified atom stereocenters. The first kappa shape index (κ1) is 16.1. The van der Waals surface area contributed by atoms with E-state index in [4.69, 9.17) is 23.2 Å². The molecular formula is C18H14Cl2N4O. The molecule has 0 bridgehead atoms. The zero-order valence-electron chi connectivity index (χ0n) is 13.4. The minimum atomic E-state index is -0.225. The third-order valence-corrected chi connectivity index (χ3v) is 4.71. The van der Waals surface area contributed by atoms with Gasteiger partial charge in [-0.1, -0.05) is 29.3 Å². The number of halogens is 2. The number of fused-ring (bicyclic) bond motifs is 1. The Hall–Kier alpha value is -2.37. The molecule has 1 aliphatic heterocycles. The van der Waals surface area contributed by atoms with E-state index in [1.165, 1.54) is 0 Å². The number of amides is 1. The molecule has 2 heterocycles. The predicted octanol–water partition coefficient (Wildman–Crippen LogP) is 4.09. The van der Waals surface area contributed by atoms with Gasteiger partial charge in [-0.2, -0.15) is 0 Å². The van der Waals surface area contributed by atoms with E-state index in [1.54, 1.807) is 21.7 Å². The minimum absolute atomic E-state index is 0.167. The molecule has 126 valence electrons. The molecule has 1 aromatic heterocycles. The largest absolute Gasteiger partial charge is 0.305 e. The molecule has 7 heteroatoms. The summed E-state index contributed by atoms with van der Waals surface area (Å²) in [4.78, 5) is 18.9. The van der Waals surface area contributed by atoms with Crippen molar-refractivity contribution in [2.45, 2.75) is 13.3 Å². The van der Waals surface area contributed by atoms with Crippen molar-refractivity contribution in [3.8, 4) is 5.69 Å². The van der Waals surface area contributed by atoms with Gasteiger partial charge in [0.15, 0.2) is 0 Å². The van der Waals surface area contributed by atoms with E-state index in [9.17, 15) is 4.79 Å². The lowest BCUT2D eigenvalue weighted by atomic mass is 10.2. The van der Waals surface area contributed by atoms with Crippen LogP contribution in [0.15, 0.2) is 42.5 Å². The van der Waals surface area contributed by atoms with Gasteiger partial charge in [-0.15, -0.1) is 5.10 Å². The van der Waals surface area contributed by atoms with Crippen molar-refractivity contribution in [1.82, 2.24) is 14.8 Å². The molecule has 4 rings (SSSR count). The zero-order valence-corrected chi connectivity index (χ0v) is 14.9. The summed E-state index contributed by atoms with van der Waals surface area (Å²) in [5, 5.41) is 5.64. The van der Waals surface area contributed by atoms with Gasteiger partial charge in [0.05, 0.1) is 5.69 Å². The first-order valence-electron chi connectivity index (χ1n) is 7.83. The van der Waals surface area contributed by atoms with Crippen LogP contribution in [0.5, 0.6) is 0 Å². The maximum atomic E-state index is 12.9. The molecule has 5 nitrogen and oxygen atoms in total. The Balaban J connectivity index is 1.68. The normalized spacial score (nSPS) is 13.2. The van der Waals surface area contributed by atoms with E-state index in [2.05, 4.69) is 10.1 Å². The van der Waals surface area contributed by atoms with Crippen LogP contribution < -0.4 is 4.90 Å². The van der Waals surface area contributed by atoms with Crippen LogP contribution in [0.1, 0.15) is 22.0 Å². The molecule has 1 amide bonds. The summed E-state index contributed by atoms with van der Waals surface area (Å²) in [5.74, 6) is 0.577. The van der Waals surface area contributed by atoms with Gasteiger partial charge in [-0.3, -0.25) is 4.79 Å². The first-order valence-corrected chi connectivity index (χ1v) is 8.58. The van der Waals surface area contributed by atoms with Crippen molar-refractivity contribution in [2.24, 2.45) is 0 Å². The minimum Gasteiger partial charge on any atom is -0.305 e. The fourth-order valence-electron chi connectivity index (χ4n) is 2.99. The highest BCUT2D eigenvalue weighted by atomic mass is 35.5. The number of anilines is 1. The van der Waals surface area contributed by atoms with E-state index < -0.39 is 0 Å². The number of carbonyl (C=O) groups is 1. The number of aromatic nitrogens is 3. The number of hydrogen-bond donors (Lipinski definition) is 0. The quantitative estimate of drug-likeness (QED) is 0.680. The third kappa shape index (κ3) is 2.90. The average Bonchev–Trinajstić information content (AvgIpc) is 3.18. The Bertz CT molecular complexity index is 966. The van der Waals surface area contributed by atoms with Gasteiger partial charge in [0.2, 0.25) is 5.82 Å². The smallest absolute Gasteiger partial charge is 0.297 e. The summed E-state index contributed by atoms with van der Waals surface area (Å²) in [5.41, 5.74) is 2.74. The van der Waals surface area contributed by atoms with Crippen LogP contribution in [-0.4, -0.2) is 27.2 Å². The molecule has 3 aromatic rings. The third-order valence-electron chi connectivity index (χ3n) is 4.22. The lowest BCUT2D eigenvalue weighted by molar-refractivity contribution is 0.0979. The molecule has 0 atom stereocenters. The Kier molecular flexibility index (Phi) is 3.98. The summed E-state index contributed by atoms with van der Waals surface area (Å²) in [6.45, 7) is 2.41. The maximum absolute atomic E-state index is 12.9. The van der Waals surface area contributed by atoms with Gasteiger partial charge in [-0.25, -0.2) is 9.67 Å². The molecule has 2 aromatic carbocycles. The predicted molar refractivity (Wildman–Crippen MR) is 97.9 cm³/mol. The second-order valence-electron chi connectivity index (χ2n) is 5.85. The van der Waals surface area contributed by atoms with Crippen LogP contribution in [0.2, 0.25) is 10.0 Å². The summed E-state index contributed by atoms with van der Waals surface area (Å²) in [6.07, 6.45) is 0.801. The molecule has 0 radical (unpaired) electrons. The fraction of sp³-hybridized carbons (Fsp3) is 0.167. The highest BCUT2D eigenvalue weighted by Gasteiger charge is 2.28. The summed E-state index contributed by atoms with van der Waals surface area (Å²) in [6, 6.07) is 12.8. The van der Waals surface area contributed by atoms with Crippen molar-refractivity contribution >= 4 is 34.8 Å². The van der Waals surface area contributed by atoms with E-state index in [0.29, 0.717) is 22.4 Å². The van der Waals surface area contributed by atoms with Crippen molar-refractivity contribution in [1.29, 1.82) is 0 Å². The molecule has 0 aliphatic carbocycles. The van der Waals surface area contributed by atoms with Gasteiger partial charge in [0.1, 0.15) is 5.82 Å². The van der Waals surface area contributed by atoms with Gasteiger partial charge < -0.3 is 4.90 Å². The molecule has 1 aliphatic rings. The SMILES string of the molecule is Cc1nc(C(=O)N2CCc3ccc(Cl)cc32)nn1-c1ccc(Cl)cc1. The molecule has 0 N–H and O–H groups in total. The van der Waals surface area contributed by atoms with E-state index >= 15 is 0 Å². The molecular weight excluding hydrogens is 359 g/mol. The summed E-state index contributed by atoms with van der Waals surface area (Å²) >= 11 is 12.0. The van der Waals surface area contributed by atoms with Crippen LogP contribution >= 0.6 is 23.2 Å². The Labute approximate surface area is 154 Å². The van der Waals surface area contributed by atoms with Crippen molar-refractivity contribution < 1.29 is 4.79 Å². The fourth-order valence-corrected chi connectivity index (χ4v) is 3.28. The standard InChI is InChI=1S/C18H14Cl2N4O/c1-11-21-17(22-24(11)15-6-4-13(19)5-7-15)18(25)23-9-8-12-2-3-14(20)10-16(12)23/h2-7,10H,8-9H2,1H3. The molecule has 0 spiro atoms. The first-order chi connectivity index (χ1) is 12.0. The van der Waals surface area contributed by atoms with Crippen LogP contribution in [-0.2, 0) is 6.42 Å². The lowest BCUT2D eigenvalue weighted by Gasteiger charge is -2.15. The lowest BCUT2D eigenvalue weighted by Crippen LogP contribution is -2.30. The molecule has 0 saturated carbocycles. The number of rotatable bonds is 2. The highest BCUT2D eigenvalue weighted by molar-refractivity contribution is 6.31. The monoisotopic (exact) mass is 372 g/mol. The number of benzene rings is 2. The summed E-state index contributed by atoms with van der Waals surface area (Å²) < 4.78 is 1.64. The maximum Gasteiger partial charge on any atom is 0.297 e. The van der Waals surface area contributed by atoms with E-state index in [0.717, 1.165) is 23.4 Å². The van der Waals surface area contributed by atoms with Crippen LogP contribution in [0.4, 0.5) is 5.69 Å². The van der Waals surface area contributed by atoms with Gasteiger partial charge >= 0.3 is 0 Å². The number of aryl methyl sites for hydroxylation is 1. The van der Waals surface area contributed by atoms with Crippen LogP contribution in [0, 0.1) is 6.92 Å². The topological polar surface area (TPSA) is 51.0 Å². The van der Waals surface area contributed by atoms with Gasteiger partial charge in [0, 0.05) is 22.3 Å². The molecule has 0 fully saturated rings. The Morgan fingerprint density at radius 1 is 1.08 bits per heavy atom. The zero-order chi connectivity index (χ0) is 17.6.